The van der Waals surface area contributed by atoms with E-state index in [1.54, 1.807) is 23.0 Å². The fourth-order valence-electron chi connectivity index (χ4n) is 3.21. The van der Waals surface area contributed by atoms with Crippen molar-refractivity contribution in [3.8, 4) is 22.7 Å². The van der Waals surface area contributed by atoms with Crippen LogP contribution in [0.25, 0.3) is 22.7 Å². The summed E-state index contributed by atoms with van der Waals surface area (Å²) in [5.41, 5.74) is 4.91. The van der Waals surface area contributed by atoms with Crippen LogP contribution in [0.15, 0.2) is 53.1 Å². The highest BCUT2D eigenvalue weighted by molar-refractivity contribution is 5.95. The van der Waals surface area contributed by atoms with Crippen LogP contribution in [0.4, 0.5) is 0 Å². The minimum absolute atomic E-state index is 0.205. The van der Waals surface area contributed by atoms with Gasteiger partial charge in [0, 0.05) is 11.1 Å². The molecule has 7 nitrogen and oxygen atoms in total. The quantitative estimate of drug-likeness (QED) is 0.549. The Hall–Kier alpha value is -3.74. The zero-order chi connectivity index (χ0) is 20.5. The maximum atomic E-state index is 11.6. The van der Waals surface area contributed by atoms with E-state index >= 15 is 0 Å². The van der Waals surface area contributed by atoms with Crippen molar-refractivity contribution in [2.24, 2.45) is 0 Å². The van der Waals surface area contributed by atoms with Crippen LogP contribution in [-0.2, 0) is 6.54 Å². The van der Waals surface area contributed by atoms with Crippen molar-refractivity contribution in [2.75, 3.05) is 0 Å². The van der Waals surface area contributed by atoms with Gasteiger partial charge in [-0.15, -0.1) is 5.10 Å². The van der Waals surface area contributed by atoms with E-state index in [2.05, 4.69) is 15.3 Å². The number of rotatable bonds is 5. The molecule has 0 radical (unpaired) electrons. The van der Waals surface area contributed by atoms with E-state index in [1.165, 1.54) is 0 Å². The number of carboxylic acids is 1. The average molecular weight is 388 g/mol. The van der Waals surface area contributed by atoms with Gasteiger partial charge < -0.3 is 9.52 Å². The number of aryl methyl sites for hydroxylation is 3. The zero-order valence-electron chi connectivity index (χ0n) is 16.4. The summed E-state index contributed by atoms with van der Waals surface area (Å²) in [6.07, 6.45) is 1.72. The molecular weight excluding hydrogens is 368 g/mol. The number of nitrogens with zero attached hydrogens (tertiary/aromatic N) is 4. The molecule has 29 heavy (non-hydrogen) atoms. The second-order valence-corrected chi connectivity index (χ2v) is 6.99. The Kier molecular flexibility index (Phi) is 4.72. The Morgan fingerprint density at radius 1 is 1.10 bits per heavy atom. The van der Waals surface area contributed by atoms with Gasteiger partial charge >= 0.3 is 5.97 Å². The molecule has 2 heterocycles. The summed E-state index contributed by atoms with van der Waals surface area (Å²) in [6, 6.07) is 13.2. The maximum Gasteiger partial charge on any atom is 0.336 e. The third-order valence-electron chi connectivity index (χ3n) is 4.80. The van der Waals surface area contributed by atoms with Crippen molar-refractivity contribution in [3.05, 3.63) is 76.8 Å². The van der Waals surface area contributed by atoms with Gasteiger partial charge in [-0.05, 0) is 38.5 Å². The predicted molar refractivity (Wildman–Crippen MR) is 108 cm³/mol. The Morgan fingerprint density at radius 3 is 2.66 bits per heavy atom. The first-order chi connectivity index (χ1) is 13.9. The molecule has 146 valence electrons. The molecule has 0 aliphatic heterocycles. The van der Waals surface area contributed by atoms with Crippen molar-refractivity contribution >= 4 is 5.97 Å². The molecule has 4 aromatic rings. The molecule has 0 saturated carbocycles. The molecule has 7 heteroatoms. The highest BCUT2D eigenvalue weighted by Crippen LogP contribution is 2.26. The van der Waals surface area contributed by atoms with E-state index in [-0.39, 0.29) is 5.56 Å². The summed E-state index contributed by atoms with van der Waals surface area (Å²) in [5, 5.41) is 17.8. The van der Waals surface area contributed by atoms with E-state index < -0.39 is 5.97 Å². The number of aromatic carboxylic acids is 1. The molecule has 0 fully saturated rings. The lowest BCUT2D eigenvalue weighted by Gasteiger charge is -2.03. The molecule has 1 N–H and O–H groups in total. The van der Waals surface area contributed by atoms with Gasteiger partial charge in [-0.3, -0.25) is 0 Å². The summed E-state index contributed by atoms with van der Waals surface area (Å²) in [7, 11) is 0. The Bertz CT molecular complexity index is 1210. The molecular formula is C22H20N4O3. The highest BCUT2D eigenvalue weighted by atomic mass is 16.4. The van der Waals surface area contributed by atoms with Gasteiger partial charge in [0.15, 0.2) is 0 Å². The summed E-state index contributed by atoms with van der Waals surface area (Å²) in [4.78, 5) is 16.2. The fraction of sp³-hybridized carbons (Fsp3) is 0.182. The van der Waals surface area contributed by atoms with Gasteiger partial charge in [0.2, 0.25) is 5.89 Å². The number of oxazole rings is 1. The van der Waals surface area contributed by atoms with E-state index in [1.807, 2.05) is 51.1 Å². The molecule has 2 aromatic heterocycles. The van der Waals surface area contributed by atoms with Crippen LogP contribution in [0.5, 0.6) is 0 Å². The van der Waals surface area contributed by atoms with Gasteiger partial charge in [0.25, 0.3) is 0 Å². The lowest BCUT2D eigenvalue weighted by atomic mass is 10.0. The molecule has 0 spiro atoms. The summed E-state index contributed by atoms with van der Waals surface area (Å²) in [5.74, 6) is 0.290. The van der Waals surface area contributed by atoms with Crippen LogP contribution in [-0.4, -0.2) is 31.1 Å². The lowest BCUT2D eigenvalue weighted by Crippen LogP contribution is -2.02. The standard InChI is InChI=1S/C22H20N4O3/c1-13-8-9-17(18(10-13)22(27)28)20-12-26(25-24-20)11-19-15(3)29-21(23-19)16-7-5-4-6-14(16)2/h4-10,12H,11H2,1-3H3,(H,27,28). The normalized spacial score (nSPS) is 11.0. The second-order valence-electron chi connectivity index (χ2n) is 6.99. The van der Waals surface area contributed by atoms with Crippen LogP contribution in [0.1, 0.15) is 32.9 Å². The number of hydrogen-bond acceptors (Lipinski definition) is 5. The third kappa shape index (κ3) is 3.67. The van der Waals surface area contributed by atoms with Crippen LogP contribution in [0.3, 0.4) is 0 Å². The molecule has 2 aromatic carbocycles. The predicted octanol–water partition coefficient (Wildman–Crippen LogP) is 4.27. The molecule has 0 atom stereocenters. The van der Waals surface area contributed by atoms with Gasteiger partial charge in [-0.1, -0.05) is 41.1 Å². The number of hydrogen-bond donors (Lipinski definition) is 1. The van der Waals surface area contributed by atoms with E-state index in [9.17, 15) is 9.90 Å². The monoisotopic (exact) mass is 388 g/mol. The van der Waals surface area contributed by atoms with Crippen molar-refractivity contribution in [1.29, 1.82) is 0 Å². The lowest BCUT2D eigenvalue weighted by molar-refractivity contribution is 0.0697. The number of carbonyl (C=O) groups is 1. The first kappa shape index (κ1) is 18.6. The number of aromatic nitrogens is 4. The van der Waals surface area contributed by atoms with E-state index in [0.29, 0.717) is 29.5 Å². The molecule has 4 rings (SSSR count). The Balaban J connectivity index is 1.63. The minimum atomic E-state index is -0.992. The summed E-state index contributed by atoms with van der Waals surface area (Å²) in [6.45, 7) is 6.11. The van der Waals surface area contributed by atoms with Crippen LogP contribution in [0.2, 0.25) is 0 Å². The summed E-state index contributed by atoms with van der Waals surface area (Å²) < 4.78 is 7.49. The van der Waals surface area contributed by atoms with E-state index in [4.69, 9.17) is 4.42 Å². The molecule has 0 unspecified atom stereocenters. The highest BCUT2D eigenvalue weighted by Gasteiger charge is 2.17. The number of benzene rings is 2. The molecule has 0 aliphatic carbocycles. The third-order valence-corrected chi connectivity index (χ3v) is 4.80. The Labute approximate surface area is 167 Å². The molecule has 0 amide bonds. The molecule has 0 bridgehead atoms. The SMILES string of the molecule is Cc1ccc(-c2cn(Cc3nc(-c4ccccc4C)oc3C)nn2)c(C(=O)O)c1. The maximum absolute atomic E-state index is 11.6. The van der Waals surface area contributed by atoms with Crippen molar-refractivity contribution in [1.82, 2.24) is 20.0 Å². The first-order valence-electron chi connectivity index (χ1n) is 9.19. The second kappa shape index (κ2) is 7.35. The van der Waals surface area contributed by atoms with Crippen molar-refractivity contribution in [2.45, 2.75) is 27.3 Å². The van der Waals surface area contributed by atoms with Crippen LogP contribution < -0.4 is 0 Å². The largest absolute Gasteiger partial charge is 0.478 e. The van der Waals surface area contributed by atoms with Crippen LogP contribution in [0, 0.1) is 20.8 Å². The van der Waals surface area contributed by atoms with Gasteiger partial charge in [-0.2, -0.15) is 0 Å². The van der Waals surface area contributed by atoms with Gasteiger partial charge in [-0.25, -0.2) is 14.5 Å². The average Bonchev–Trinajstić information content (AvgIpc) is 3.29. The summed E-state index contributed by atoms with van der Waals surface area (Å²) >= 11 is 0. The minimum Gasteiger partial charge on any atom is -0.478 e. The fourth-order valence-corrected chi connectivity index (χ4v) is 3.21. The van der Waals surface area contributed by atoms with Gasteiger partial charge in [0.1, 0.15) is 17.1 Å². The zero-order valence-corrected chi connectivity index (χ0v) is 16.4. The molecule has 0 aliphatic rings. The van der Waals surface area contributed by atoms with Crippen LogP contribution >= 0.6 is 0 Å². The Morgan fingerprint density at radius 2 is 1.90 bits per heavy atom. The molecule has 0 saturated heterocycles. The first-order valence-corrected chi connectivity index (χ1v) is 9.19. The topological polar surface area (TPSA) is 94.0 Å². The number of carboxylic acid groups (broad SMARTS) is 1. The van der Waals surface area contributed by atoms with E-state index in [0.717, 1.165) is 22.4 Å². The van der Waals surface area contributed by atoms with Gasteiger partial charge in [0.05, 0.1) is 18.3 Å². The van der Waals surface area contributed by atoms with Crippen molar-refractivity contribution in [3.63, 3.8) is 0 Å². The smallest absolute Gasteiger partial charge is 0.336 e. The van der Waals surface area contributed by atoms with Crippen molar-refractivity contribution < 1.29 is 14.3 Å².